The average Bonchev–Trinajstić information content (AvgIpc) is 2.49. The standard InChI is InChI=1S/C15H30N2O3/c1-2-13(18)15(19)14(17-7-9-20-10-8-17)11-3-5-12(16)6-4-11/h11-15,18-19H,2-10,16H2,1H3/t11?,12?,13-,14?,15-/m1/s1. The second-order valence-electron chi connectivity index (χ2n) is 6.28. The number of morpholine rings is 1. The van der Waals surface area contributed by atoms with Gasteiger partial charge in [0.2, 0.25) is 0 Å². The molecule has 1 aliphatic heterocycles. The Bertz CT molecular complexity index is 274. The molecule has 20 heavy (non-hydrogen) atoms. The van der Waals surface area contributed by atoms with Crippen LogP contribution >= 0.6 is 0 Å². The number of rotatable bonds is 5. The molecule has 2 rings (SSSR count). The van der Waals surface area contributed by atoms with Gasteiger partial charge in [-0.15, -0.1) is 0 Å². The Morgan fingerprint density at radius 1 is 1.15 bits per heavy atom. The van der Waals surface area contributed by atoms with Gasteiger partial charge in [0.15, 0.2) is 0 Å². The molecular weight excluding hydrogens is 256 g/mol. The fourth-order valence-electron chi connectivity index (χ4n) is 3.62. The summed E-state index contributed by atoms with van der Waals surface area (Å²) in [5.74, 6) is 0.434. The molecular formula is C15H30N2O3. The molecule has 1 unspecified atom stereocenters. The number of aliphatic hydroxyl groups excluding tert-OH is 2. The predicted molar refractivity (Wildman–Crippen MR) is 78.4 cm³/mol. The second-order valence-corrected chi connectivity index (χ2v) is 6.28. The van der Waals surface area contributed by atoms with E-state index in [0.29, 0.717) is 18.4 Å². The van der Waals surface area contributed by atoms with E-state index >= 15 is 0 Å². The van der Waals surface area contributed by atoms with E-state index in [-0.39, 0.29) is 6.04 Å². The van der Waals surface area contributed by atoms with Gasteiger partial charge in [0.05, 0.1) is 25.4 Å². The summed E-state index contributed by atoms with van der Waals surface area (Å²) in [6.07, 6.45) is 3.44. The van der Waals surface area contributed by atoms with E-state index in [2.05, 4.69) is 4.90 Å². The van der Waals surface area contributed by atoms with Crippen LogP contribution in [-0.4, -0.2) is 65.7 Å². The van der Waals surface area contributed by atoms with E-state index in [1.807, 2.05) is 6.92 Å². The third-order valence-electron chi connectivity index (χ3n) is 4.93. The minimum Gasteiger partial charge on any atom is -0.390 e. The van der Waals surface area contributed by atoms with Crippen molar-refractivity contribution in [1.29, 1.82) is 0 Å². The second kappa shape index (κ2) is 7.71. The van der Waals surface area contributed by atoms with Crippen LogP contribution in [0.5, 0.6) is 0 Å². The third kappa shape index (κ3) is 3.92. The number of nitrogens with two attached hydrogens (primary N) is 1. The zero-order chi connectivity index (χ0) is 14.5. The molecule has 3 atom stereocenters. The molecule has 2 fully saturated rings. The number of hydrogen-bond donors (Lipinski definition) is 3. The number of nitrogens with zero attached hydrogens (tertiary/aromatic N) is 1. The molecule has 1 saturated carbocycles. The zero-order valence-corrected chi connectivity index (χ0v) is 12.6. The summed E-state index contributed by atoms with van der Waals surface area (Å²) in [4.78, 5) is 2.31. The Hall–Kier alpha value is -0.200. The molecule has 2 aliphatic rings. The van der Waals surface area contributed by atoms with E-state index in [1.165, 1.54) is 0 Å². The van der Waals surface area contributed by atoms with E-state index in [9.17, 15) is 10.2 Å². The van der Waals surface area contributed by atoms with Gasteiger partial charge in [-0.3, -0.25) is 4.90 Å². The SMILES string of the molecule is CC[C@@H](O)[C@@H](O)C(C1CCC(N)CC1)N1CCOCC1. The minimum absolute atomic E-state index is 0.0429. The summed E-state index contributed by atoms with van der Waals surface area (Å²) in [5.41, 5.74) is 5.99. The van der Waals surface area contributed by atoms with Crippen molar-refractivity contribution in [3.8, 4) is 0 Å². The maximum atomic E-state index is 10.6. The van der Waals surface area contributed by atoms with Gasteiger partial charge in [0.25, 0.3) is 0 Å². The topological polar surface area (TPSA) is 79.0 Å². The van der Waals surface area contributed by atoms with Gasteiger partial charge in [-0.25, -0.2) is 0 Å². The van der Waals surface area contributed by atoms with Crippen LogP contribution in [-0.2, 0) is 4.74 Å². The smallest absolute Gasteiger partial charge is 0.0956 e. The van der Waals surface area contributed by atoms with Crippen LogP contribution in [0.3, 0.4) is 0 Å². The summed E-state index contributed by atoms with van der Waals surface area (Å²) in [7, 11) is 0. The maximum Gasteiger partial charge on any atom is 0.0956 e. The molecule has 5 heteroatoms. The molecule has 1 aliphatic carbocycles. The van der Waals surface area contributed by atoms with Gasteiger partial charge < -0.3 is 20.7 Å². The van der Waals surface area contributed by atoms with Crippen LogP contribution in [0, 0.1) is 5.92 Å². The first-order valence-electron chi connectivity index (χ1n) is 8.07. The fourth-order valence-corrected chi connectivity index (χ4v) is 3.62. The molecule has 0 radical (unpaired) electrons. The Morgan fingerprint density at radius 3 is 2.30 bits per heavy atom. The summed E-state index contributed by atoms with van der Waals surface area (Å²) in [6, 6.07) is 0.353. The predicted octanol–water partition coefficient (Wildman–Crippen LogP) is 0.337. The van der Waals surface area contributed by atoms with Gasteiger partial charge >= 0.3 is 0 Å². The van der Waals surface area contributed by atoms with Crippen molar-refractivity contribution < 1.29 is 14.9 Å². The van der Waals surface area contributed by atoms with Gasteiger partial charge in [-0.05, 0) is 38.0 Å². The molecule has 4 N–H and O–H groups in total. The summed E-state index contributed by atoms with van der Waals surface area (Å²) < 4.78 is 5.42. The van der Waals surface area contributed by atoms with Crippen molar-refractivity contribution in [3.05, 3.63) is 0 Å². The van der Waals surface area contributed by atoms with Crippen molar-refractivity contribution in [3.63, 3.8) is 0 Å². The highest BCUT2D eigenvalue weighted by atomic mass is 16.5. The number of hydrogen-bond acceptors (Lipinski definition) is 5. The Labute approximate surface area is 122 Å². The zero-order valence-electron chi connectivity index (χ0n) is 12.6. The van der Waals surface area contributed by atoms with E-state index in [1.54, 1.807) is 0 Å². The fraction of sp³-hybridized carbons (Fsp3) is 1.00. The molecule has 5 nitrogen and oxygen atoms in total. The van der Waals surface area contributed by atoms with E-state index < -0.39 is 12.2 Å². The van der Waals surface area contributed by atoms with Gasteiger partial charge in [-0.1, -0.05) is 6.92 Å². The molecule has 1 heterocycles. The van der Waals surface area contributed by atoms with Gasteiger partial charge in [-0.2, -0.15) is 0 Å². The Morgan fingerprint density at radius 2 is 1.75 bits per heavy atom. The number of ether oxygens (including phenoxy) is 1. The van der Waals surface area contributed by atoms with Crippen molar-refractivity contribution in [2.75, 3.05) is 26.3 Å². The van der Waals surface area contributed by atoms with Crippen LogP contribution in [0.15, 0.2) is 0 Å². The van der Waals surface area contributed by atoms with Crippen molar-refractivity contribution in [2.45, 2.75) is 63.3 Å². The van der Waals surface area contributed by atoms with Crippen molar-refractivity contribution in [1.82, 2.24) is 4.90 Å². The molecule has 1 saturated heterocycles. The molecule has 0 spiro atoms. The lowest BCUT2D eigenvalue weighted by Crippen LogP contribution is -2.56. The molecule has 0 amide bonds. The molecule has 0 aromatic carbocycles. The van der Waals surface area contributed by atoms with Crippen molar-refractivity contribution >= 4 is 0 Å². The van der Waals surface area contributed by atoms with Gasteiger partial charge in [0, 0.05) is 25.2 Å². The minimum atomic E-state index is -0.669. The molecule has 118 valence electrons. The highest BCUT2D eigenvalue weighted by Gasteiger charge is 2.38. The lowest BCUT2D eigenvalue weighted by atomic mass is 9.78. The lowest BCUT2D eigenvalue weighted by Gasteiger charge is -2.44. The molecule has 0 aromatic rings. The van der Waals surface area contributed by atoms with Crippen LogP contribution in [0.4, 0.5) is 0 Å². The summed E-state index contributed by atoms with van der Waals surface area (Å²) in [6.45, 7) is 5.05. The number of aliphatic hydroxyl groups is 2. The summed E-state index contributed by atoms with van der Waals surface area (Å²) >= 11 is 0. The maximum absolute atomic E-state index is 10.6. The van der Waals surface area contributed by atoms with Gasteiger partial charge in [0.1, 0.15) is 0 Å². The van der Waals surface area contributed by atoms with Crippen LogP contribution in [0.2, 0.25) is 0 Å². The van der Waals surface area contributed by atoms with E-state index in [4.69, 9.17) is 10.5 Å². The monoisotopic (exact) mass is 286 g/mol. The first-order chi connectivity index (χ1) is 9.63. The van der Waals surface area contributed by atoms with Crippen LogP contribution in [0.25, 0.3) is 0 Å². The van der Waals surface area contributed by atoms with Crippen LogP contribution < -0.4 is 5.73 Å². The highest BCUT2D eigenvalue weighted by molar-refractivity contribution is 4.92. The Kier molecular flexibility index (Phi) is 6.23. The van der Waals surface area contributed by atoms with Crippen LogP contribution in [0.1, 0.15) is 39.0 Å². The largest absolute Gasteiger partial charge is 0.390 e. The normalized spacial score (nSPS) is 33.6. The van der Waals surface area contributed by atoms with E-state index in [0.717, 1.165) is 52.0 Å². The first kappa shape index (κ1) is 16.2. The van der Waals surface area contributed by atoms with Crippen molar-refractivity contribution in [2.24, 2.45) is 11.7 Å². The summed E-state index contributed by atoms with van der Waals surface area (Å²) in [5, 5.41) is 20.7. The lowest BCUT2D eigenvalue weighted by molar-refractivity contribution is -0.0877. The average molecular weight is 286 g/mol. The third-order valence-corrected chi connectivity index (χ3v) is 4.93. The Balaban J connectivity index is 2.06. The highest BCUT2D eigenvalue weighted by Crippen LogP contribution is 2.32. The quantitative estimate of drug-likeness (QED) is 0.679. The molecule has 0 aromatic heterocycles. The first-order valence-corrected chi connectivity index (χ1v) is 8.07. The molecule has 0 bridgehead atoms.